The van der Waals surface area contributed by atoms with Gasteiger partial charge in [-0.2, -0.15) is 4.98 Å². The number of hydrogen-bond donors (Lipinski definition) is 1. The molecular formula is C14H18Cl2N4O. The van der Waals surface area contributed by atoms with Crippen molar-refractivity contribution >= 4 is 24.0 Å². The molecule has 0 saturated carbocycles. The lowest BCUT2D eigenvalue weighted by Gasteiger charge is -2.12. The fraction of sp³-hybridized carbons (Fsp3) is 0.429. The van der Waals surface area contributed by atoms with Gasteiger partial charge in [0.25, 0.3) is 0 Å². The maximum Gasteiger partial charge on any atom is 0.241 e. The van der Waals surface area contributed by atoms with Crippen LogP contribution in [0.4, 0.5) is 0 Å². The Hall–Kier alpha value is -1.14. The van der Waals surface area contributed by atoms with Gasteiger partial charge in [-0.15, -0.1) is 12.4 Å². The highest BCUT2D eigenvalue weighted by Crippen LogP contribution is 2.19. The quantitative estimate of drug-likeness (QED) is 0.934. The molecule has 0 bridgehead atoms. The van der Waals surface area contributed by atoms with E-state index in [0.717, 1.165) is 25.1 Å². The van der Waals surface area contributed by atoms with Gasteiger partial charge in [0.1, 0.15) is 0 Å². The van der Waals surface area contributed by atoms with Crippen LogP contribution < -0.4 is 5.32 Å². The van der Waals surface area contributed by atoms with Gasteiger partial charge in [0.05, 0.1) is 6.54 Å². The van der Waals surface area contributed by atoms with E-state index in [1.807, 2.05) is 31.3 Å². The third-order valence-electron chi connectivity index (χ3n) is 3.61. The number of nitrogens with one attached hydrogen (secondary N) is 1. The molecule has 1 N–H and O–H groups in total. The number of benzene rings is 1. The van der Waals surface area contributed by atoms with Gasteiger partial charge in [-0.1, -0.05) is 16.8 Å². The Balaban J connectivity index is 0.00000161. The van der Waals surface area contributed by atoms with Gasteiger partial charge < -0.3 is 9.84 Å². The molecule has 5 nitrogen and oxygen atoms in total. The van der Waals surface area contributed by atoms with Crippen molar-refractivity contribution < 1.29 is 4.52 Å². The summed E-state index contributed by atoms with van der Waals surface area (Å²) in [4.78, 5) is 6.76. The summed E-state index contributed by atoms with van der Waals surface area (Å²) < 4.78 is 5.32. The second-order valence-electron chi connectivity index (χ2n) is 5.03. The fourth-order valence-electron chi connectivity index (χ4n) is 2.44. The first kappa shape index (κ1) is 16.2. The molecular weight excluding hydrogens is 311 g/mol. The molecule has 114 valence electrons. The van der Waals surface area contributed by atoms with Crippen LogP contribution in [0.5, 0.6) is 0 Å². The lowest BCUT2D eigenvalue weighted by Crippen LogP contribution is -2.29. The zero-order chi connectivity index (χ0) is 13.9. The van der Waals surface area contributed by atoms with Crippen molar-refractivity contribution in [1.29, 1.82) is 0 Å². The third kappa shape index (κ3) is 3.95. The van der Waals surface area contributed by atoms with Crippen LogP contribution in [-0.4, -0.2) is 41.2 Å². The summed E-state index contributed by atoms with van der Waals surface area (Å²) >= 11 is 5.87. The van der Waals surface area contributed by atoms with Gasteiger partial charge in [-0.05, 0) is 37.7 Å². The van der Waals surface area contributed by atoms with Gasteiger partial charge >= 0.3 is 0 Å². The maximum atomic E-state index is 5.87. The number of likely N-dealkylation sites (N-methyl/N-ethyl adjacent to an activating group) is 1. The van der Waals surface area contributed by atoms with Crippen LogP contribution in [0.25, 0.3) is 11.4 Å². The Labute approximate surface area is 135 Å². The fourth-order valence-corrected chi connectivity index (χ4v) is 2.56. The summed E-state index contributed by atoms with van der Waals surface area (Å²) in [5, 5.41) is 8.02. The van der Waals surface area contributed by atoms with E-state index in [1.165, 1.54) is 0 Å². The normalized spacial score (nSPS) is 18.7. The molecule has 0 radical (unpaired) electrons. The molecule has 1 fully saturated rings. The molecule has 0 amide bonds. The molecule has 1 aliphatic heterocycles. The molecule has 0 spiro atoms. The molecule has 21 heavy (non-hydrogen) atoms. The molecule has 0 aliphatic carbocycles. The minimum Gasteiger partial charge on any atom is -0.338 e. The average Bonchev–Trinajstić information content (AvgIpc) is 3.09. The smallest absolute Gasteiger partial charge is 0.241 e. The minimum atomic E-state index is 0. The molecule has 1 saturated heterocycles. The van der Waals surface area contributed by atoms with Crippen molar-refractivity contribution in [1.82, 2.24) is 20.4 Å². The number of nitrogens with zero attached hydrogens (tertiary/aromatic N) is 3. The second kappa shape index (κ2) is 7.22. The Morgan fingerprint density at radius 1 is 1.38 bits per heavy atom. The number of halogens is 2. The predicted octanol–water partition coefficient (Wildman–Crippen LogP) is 2.61. The number of aromatic nitrogens is 2. The topological polar surface area (TPSA) is 54.2 Å². The monoisotopic (exact) mass is 328 g/mol. The largest absolute Gasteiger partial charge is 0.338 e. The molecule has 1 aromatic carbocycles. The van der Waals surface area contributed by atoms with E-state index in [-0.39, 0.29) is 12.4 Å². The molecule has 1 aliphatic rings. The van der Waals surface area contributed by atoms with Crippen molar-refractivity contribution in [3.63, 3.8) is 0 Å². The van der Waals surface area contributed by atoms with E-state index in [1.54, 1.807) is 0 Å². The number of likely N-dealkylation sites (tertiary alicyclic amines) is 1. The highest BCUT2D eigenvalue weighted by Gasteiger charge is 2.22. The highest BCUT2D eigenvalue weighted by molar-refractivity contribution is 6.30. The lowest BCUT2D eigenvalue weighted by atomic mass is 10.2. The zero-order valence-corrected chi connectivity index (χ0v) is 13.3. The first-order valence-corrected chi connectivity index (χ1v) is 7.10. The summed E-state index contributed by atoms with van der Waals surface area (Å²) in [5.41, 5.74) is 0.916. The van der Waals surface area contributed by atoms with E-state index in [0.29, 0.717) is 29.3 Å². The van der Waals surface area contributed by atoms with Crippen molar-refractivity contribution in [2.45, 2.75) is 19.0 Å². The Morgan fingerprint density at radius 3 is 2.81 bits per heavy atom. The van der Waals surface area contributed by atoms with E-state index < -0.39 is 0 Å². The SMILES string of the molecule is CNC1CCN(Cc2nc(-c3ccc(Cl)cc3)no2)C1.Cl. The maximum absolute atomic E-state index is 5.87. The molecule has 1 atom stereocenters. The van der Waals surface area contributed by atoms with Crippen LogP contribution in [0.2, 0.25) is 5.02 Å². The molecule has 2 heterocycles. The van der Waals surface area contributed by atoms with Crippen LogP contribution >= 0.6 is 24.0 Å². The van der Waals surface area contributed by atoms with Gasteiger partial charge in [0, 0.05) is 29.7 Å². The van der Waals surface area contributed by atoms with Crippen LogP contribution in [-0.2, 0) is 6.54 Å². The minimum absolute atomic E-state index is 0. The van der Waals surface area contributed by atoms with Crippen LogP contribution in [0, 0.1) is 0 Å². The second-order valence-corrected chi connectivity index (χ2v) is 5.46. The molecule has 3 rings (SSSR count). The predicted molar refractivity (Wildman–Crippen MR) is 84.7 cm³/mol. The number of rotatable bonds is 4. The molecule has 2 aromatic rings. The molecule has 1 aromatic heterocycles. The van der Waals surface area contributed by atoms with Crippen LogP contribution in [0.3, 0.4) is 0 Å². The third-order valence-corrected chi connectivity index (χ3v) is 3.86. The molecule has 7 heteroatoms. The van der Waals surface area contributed by atoms with Crippen LogP contribution in [0.1, 0.15) is 12.3 Å². The zero-order valence-electron chi connectivity index (χ0n) is 11.8. The first-order chi connectivity index (χ1) is 9.74. The van der Waals surface area contributed by atoms with Crippen molar-refractivity contribution in [2.24, 2.45) is 0 Å². The number of hydrogen-bond acceptors (Lipinski definition) is 5. The van der Waals surface area contributed by atoms with Gasteiger partial charge in [-0.25, -0.2) is 0 Å². The Kier molecular flexibility index (Phi) is 5.58. The average molecular weight is 329 g/mol. The first-order valence-electron chi connectivity index (χ1n) is 6.73. The summed E-state index contributed by atoms with van der Waals surface area (Å²) in [6.45, 7) is 2.79. The lowest BCUT2D eigenvalue weighted by molar-refractivity contribution is 0.263. The summed E-state index contributed by atoms with van der Waals surface area (Å²) in [6, 6.07) is 8.00. The highest BCUT2D eigenvalue weighted by atomic mass is 35.5. The van der Waals surface area contributed by atoms with Gasteiger partial charge in [-0.3, -0.25) is 4.90 Å². The van der Waals surface area contributed by atoms with Gasteiger partial charge in [0.15, 0.2) is 0 Å². The Bertz CT molecular complexity index is 573. The van der Waals surface area contributed by atoms with Crippen molar-refractivity contribution in [3.8, 4) is 11.4 Å². The van der Waals surface area contributed by atoms with E-state index in [2.05, 4.69) is 20.4 Å². The Morgan fingerprint density at radius 2 is 2.14 bits per heavy atom. The molecule has 1 unspecified atom stereocenters. The van der Waals surface area contributed by atoms with E-state index in [9.17, 15) is 0 Å². The summed E-state index contributed by atoms with van der Waals surface area (Å²) in [7, 11) is 2.00. The van der Waals surface area contributed by atoms with Crippen molar-refractivity contribution in [2.75, 3.05) is 20.1 Å². The summed E-state index contributed by atoms with van der Waals surface area (Å²) in [6.07, 6.45) is 1.16. The standard InChI is InChI=1S/C14H17ClN4O.ClH/c1-16-12-6-7-19(8-12)9-13-17-14(18-20-13)10-2-4-11(15)5-3-10;/h2-5,12,16H,6-9H2,1H3;1H. The van der Waals surface area contributed by atoms with E-state index in [4.69, 9.17) is 16.1 Å². The summed E-state index contributed by atoms with van der Waals surface area (Å²) in [5.74, 6) is 1.27. The van der Waals surface area contributed by atoms with Crippen molar-refractivity contribution in [3.05, 3.63) is 35.2 Å². The van der Waals surface area contributed by atoms with E-state index >= 15 is 0 Å². The van der Waals surface area contributed by atoms with Gasteiger partial charge in [0.2, 0.25) is 11.7 Å². The van der Waals surface area contributed by atoms with Crippen LogP contribution in [0.15, 0.2) is 28.8 Å².